The lowest BCUT2D eigenvalue weighted by molar-refractivity contribution is -0.0674. The molecule has 0 saturated heterocycles. The van der Waals surface area contributed by atoms with E-state index in [0.29, 0.717) is 12.4 Å². The number of nitrogens with zero attached hydrogens (tertiary/aromatic N) is 2. The van der Waals surface area contributed by atoms with Gasteiger partial charge >= 0.3 is 5.36 Å². The first kappa shape index (κ1) is 14.7. The van der Waals surface area contributed by atoms with Gasteiger partial charge in [0.15, 0.2) is 0 Å². The van der Waals surface area contributed by atoms with E-state index in [1.165, 1.54) is 12.1 Å². The first-order valence-corrected chi connectivity index (χ1v) is 6.85. The van der Waals surface area contributed by atoms with Crippen LogP contribution in [0.25, 0.3) is 16.3 Å². The van der Waals surface area contributed by atoms with E-state index >= 15 is 0 Å². The summed E-state index contributed by atoms with van der Waals surface area (Å²) in [5, 5.41) is -0.0538. The van der Waals surface area contributed by atoms with Crippen LogP contribution in [-0.4, -0.2) is 11.9 Å². The van der Waals surface area contributed by atoms with Crippen molar-refractivity contribution in [1.29, 1.82) is 0 Å². The number of fused-ring (bicyclic) bond motifs is 1. The van der Waals surface area contributed by atoms with Crippen LogP contribution < -0.4 is 25.7 Å². The van der Waals surface area contributed by atoms with Gasteiger partial charge in [0, 0.05) is 10.8 Å². The Morgan fingerprint density at radius 1 is 0.957 bits per heavy atom. The maximum Gasteiger partial charge on any atom is 0.410 e. The molecule has 0 aromatic heterocycles. The highest BCUT2D eigenvalue weighted by molar-refractivity contribution is 5.84. The Hall–Kier alpha value is -3.24. The van der Waals surface area contributed by atoms with Crippen LogP contribution in [0.3, 0.4) is 0 Å². The Labute approximate surface area is 130 Å². The first-order valence-electron chi connectivity index (χ1n) is 6.85. The number of methoxy groups -OCH3 is 1. The van der Waals surface area contributed by atoms with Gasteiger partial charge in [-0.1, -0.05) is 12.1 Å². The van der Waals surface area contributed by atoms with Gasteiger partial charge in [0.2, 0.25) is 0 Å². The molecule has 0 saturated carbocycles. The molecule has 0 radical (unpaired) electrons. The van der Waals surface area contributed by atoms with E-state index in [-0.39, 0.29) is 10.8 Å². The van der Waals surface area contributed by atoms with Crippen molar-refractivity contribution in [3.8, 4) is 11.5 Å². The van der Waals surface area contributed by atoms with Gasteiger partial charge in [0.05, 0.1) is 7.11 Å². The highest BCUT2D eigenvalue weighted by Crippen LogP contribution is 2.18. The third-order valence-electron chi connectivity index (χ3n) is 3.57. The summed E-state index contributed by atoms with van der Waals surface area (Å²) >= 11 is 0. The quantitative estimate of drug-likeness (QED) is 0.534. The minimum Gasteiger partial charge on any atom is -0.497 e. The monoisotopic (exact) mass is 308 g/mol. The van der Waals surface area contributed by atoms with Crippen LogP contribution in [0.4, 0.5) is 0 Å². The van der Waals surface area contributed by atoms with E-state index in [2.05, 4.69) is 4.79 Å². The average molecular weight is 308 g/mol. The van der Waals surface area contributed by atoms with E-state index in [1.807, 2.05) is 24.3 Å². The minimum atomic E-state index is -0.595. The molecule has 0 fully saturated rings. The normalized spacial score (nSPS) is 10.5. The van der Waals surface area contributed by atoms with Gasteiger partial charge in [-0.25, -0.2) is 0 Å². The van der Waals surface area contributed by atoms with Crippen LogP contribution in [0.2, 0.25) is 0 Å². The van der Waals surface area contributed by atoms with E-state index < -0.39 is 16.2 Å². The standard InChI is InChI=1S/C17H12N2O4/c1-22-11-4-2-10(3-5-11)9-23-12-6-7-13-14(8-12)17(21)15(19-18)16(13)20/h2-8H,9H2,1H3. The minimum absolute atomic E-state index is 0.190. The summed E-state index contributed by atoms with van der Waals surface area (Å²) in [4.78, 5) is 26.5. The van der Waals surface area contributed by atoms with Crippen molar-refractivity contribution in [3.05, 3.63) is 79.4 Å². The lowest BCUT2D eigenvalue weighted by Gasteiger charge is -2.07. The Kier molecular flexibility index (Phi) is 3.75. The molecule has 0 N–H and O–H groups in total. The number of hydrogen-bond donors (Lipinski definition) is 0. The average Bonchev–Trinajstić information content (AvgIpc) is 2.83. The van der Waals surface area contributed by atoms with Crippen LogP contribution in [-0.2, 0) is 6.61 Å². The van der Waals surface area contributed by atoms with Gasteiger partial charge in [-0.15, -0.1) is 0 Å². The molecule has 6 nitrogen and oxygen atoms in total. The predicted octanol–water partition coefficient (Wildman–Crippen LogP) is 1.15. The molecule has 3 aromatic rings. The Morgan fingerprint density at radius 2 is 1.61 bits per heavy atom. The fourth-order valence-corrected chi connectivity index (χ4v) is 2.34. The molecule has 6 heteroatoms. The molecule has 0 amide bonds. The summed E-state index contributed by atoms with van der Waals surface area (Å²) in [6.45, 7) is 0.311. The third-order valence-corrected chi connectivity index (χ3v) is 3.57. The summed E-state index contributed by atoms with van der Waals surface area (Å²) in [5.41, 5.74) is 8.51. The van der Waals surface area contributed by atoms with Gasteiger partial charge in [0.1, 0.15) is 18.1 Å². The summed E-state index contributed by atoms with van der Waals surface area (Å²) in [6.07, 6.45) is 0. The fraction of sp³-hybridized carbons (Fsp3) is 0.118. The zero-order chi connectivity index (χ0) is 16.4. The molecule has 0 unspecified atom stereocenters. The molecular weight excluding hydrogens is 296 g/mol. The first-order chi connectivity index (χ1) is 11.1. The van der Waals surface area contributed by atoms with Crippen LogP contribution in [0.15, 0.2) is 52.1 Å². The number of hydrogen-bond acceptors (Lipinski definition) is 4. The van der Waals surface area contributed by atoms with Crippen molar-refractivity contribution in [2.45, 2.75) is 6.61 Å². The molecule has 0 bridgehead atoms. The Balaban J connectivity index is 1.89. The summed E-state index contributed by atoms with van der Waals surface area (Å²) in [7, 11) is 1.60. The van der Waals surface area contributed by atoms with Crippen molar-refractivity contribution in [3.63, 3.8) is 0 Å². The van der Waals surface area contributed by atoms with Crippen molar-refractivity contribution >= 4 is 10.8 Å². The van der Waals surface area contributed by atoms with Crippen molar-refractivity contribution in [1.82, 2.24) is 0 Å². The van der Waals surface area contributed by atoms with Crippen LogP contribution >= 0.6 is 0 Å². The van der Waals surface area contributed by atoms with Gasteiger partial charge in [0.25, 0.3) is 10.9 Å². The zero-order valence-corrected chi connectivity index (χ0v) is 12.3. The molecule has 0 aliphatic rings. The zero-order valence-electron chi connectivity index (χ0n) is 12.3. The summed E-state index contributed by atoms with van der Waals surface area (Å²) in [6, 6.07) is 12.0. The largest absolute Gasteiger partial charge is 0.497 e. The second-order valence-corrected chi connectivity index (χ2v) is 4.95. The number of ether oxygens (including phenoxy) is 2. The van der Waals surface area contributed by atoms with Gasteiger partial charge in [-0.05, 0) is 35.9 Å². The maximum atomic E-state index is 12.0. The number of benzene rings is 2. The molecular formula is C17H12N2O4. The number of rotatable bonds is 4. The maximum absolute atomic E-state index is 12.0. The lowest BCUT2D eigenvalue weighted by Crippen LogP contribution is -2.32. The smallest absolute Gasteiger partial charge is 0.410 e. The molecule has 0 aliphatic heterocycles. The van der Waals surface area contributed by atoms with Crippen LogP contribution in [0, 0.1) is 0 Å². The fourth-order valence-electron chi connectivity index (χ4n) is 2.34. The molecule has 3 rings (SSSR count). The summed E-state index contributed by atoms with van der Waals surface area (Å²) in [5.74, 6) is 1.21. The molecule has 0 atom stereocenters. The van der Waals surface area contributed by atoms with Crippen LogP contribution in [0.5, 0.6) is 11.5 Å². The van der Waals surface area contributed by atoms with Crippen molar-refractivity contribution in [2.75, 3.05) is 7.11 Å². The second kappa shape index (κ2) is 5.87. The third kappa shape index (κ3) is 2.63. The molecule has 0 heterocycles. The molecule has 114 valence electrons. The van der Waals surface area contributed by atoms with Crippen LogP contribution in [0.1, 0.15) is 5.56 Å². The van der Waals surface area contributed by atoms with E-state index in [0.717, 1.165) is 11.3 Å². The second-order valence-electron chi connectivity index (χ2n) is 4.95. The lowest BCUT2D eigenvalue weighted by atomic mass is 10.2. The Bertz CT molecular complexity index is 1040. The topological polar surface area (TPSA) is 89.0 Å². The summed E-state index contributed by atoms with van der Waals surface area (Å²) < 4.78 is 10.7. The van der Waals surface area contributed by atoms with Gasteiger partial charge < -0.3 is 15.0 Å². The molecule has 0 aliphatic carbocycles. The predicted molar refractivity (Wildman–Crippen MR) is 82.9 cm³/mol. The van der Waals surface area contributed by atoms with Crippen molar-refractivity contribution in [2.24, 2.45) is 0 Å². The van der Waals surface area contributed by atoms with Crippen molar-refractivity contribution < 1.29 is 14.3 Å². The Morgan fingerprint density at radius 3 is 2.26 bits per heavy atom. The van der Waals surface area contributed by atoms with E-state index in [4.69, 9.17) is 15.0 Å². The molecule has 0 spiro atoms. The van der Waals surface area contributed by atoms with E-state index in [1.54, 1.807) is 13.2 Å². The van der Waals surface area contributed by atoms with Gasteiger partial charge in [-0.2, -0.15) is 4.79 Å². The highest BCUT2D eigenvalue weighted by atomic mass is 16.5. The molecule has 3 aromatic carbocycles. The SMILES string of the molecule is COc1ccc(COc2ccc3c(=O)c(=[N+]=[N-])c(=O)c3c2)cc1. The molecule has 23 heavy (non-hydrogen) atoms. The van der Waals surface area contributed by atoms with Gasteiger partial charge in [-0.3, -0.25) is 9.59 Å². The highest BCUT2D eigenvalue weighted by Gasteiger charge is 2.16. The van der Waals surface area contributed by atoms with E-state index in [9.17, 15) is 9.59 Å².